The van der Waals surface area contributed by atoms with Crippen molar-refractivity contribution in [1.82, 2.24) is 15.0 Å². The average molecular weight is 285 g/mol. The van der Waals surface area contributed by atoms with E-state index >= 15 is 0 Å². The van der Waals surface area contributed by atoms with Gasteiger partial charge in [-0.1, -0.05) is 5.21 Å². The smallest absolute Gasteiger partial charge is 0.123 e. The molecule has 1 aromatic carbocycles. The monoisotopic (exact) mass is 285 g/mol. The zero-order chi connectivity index (χ0) is 14.1. The minimum Gasteiger partial charge on any atom is -0.497 e. The van der Waals surface area contributed by atoms with Gasteiger partial charge in [-0.05, 0) is 49.7 Å². The molecule has 20 heavy (non-hydrogen) atoms. The van der Waals surface area contributed by atoms with Gasteiger partial charge in [0, 0.05) is 4.88 Å². The van der Waals surface area contributed by atoms with Gasteiger partial charge in [-0.3, -0.25) is 0 Å². The van der Waals surface area contributed by atoms with Crippen LogP contribution in [0.25, 0.3) is 16.3 Å². The van der Waals surface area contributed by atoms with E-state index in [2.05, 4.69) is 30.2 Å². The summed E-state index contributed by atoms with van der Waals surface area (Å²) in [4.78, 5) is 2.47. The van der Waals surface area contributed by atoms with E-state index in [9.17, 15) is 0 Å². The quantitative estimate of drug-likeness (QED) is 0.738. The minimum absolute atomic E-state index is 0.832. The molecule has 3 aromatic rings. The Hall–Kier alpha value is -2.14. The average Bonchev–Trinajstić information content (AvgIpc) is 3.05. The van der Waals surface area contributed by atoms with Crippen LogP contribution in [-0.2, 0) is 0 Å². The number of rotatable bonds is 3. The fourth-order valence-electron chi connectivity index (χ4n) is 2.12. The first kappa shape index (κ1) is 12.9. The molecule has 2 aromatic heterocycles. The van der Waals surface area contributed by atoms with Gasteiger partial charge in [-0.15, -0.1) is 16.4 Å². The Morgan fingerprint density at radius 2 is 1.90 bits per heavy atom. The summed E-state index contributed by atoms with van der Waals surface area (Å²) in [6.45, 7) is 4.21. The maximum absolute atomic E-state index is 5.15. The van der Waals surface area contributed by atoms with Crippen molar-refractivity contribution in [3.63, 3.8) is 0 Å². The summed E-state index contributed by atoms with van der Waals surface area (Å²) in [6.07, 6.45) is 1.96. The highest BCUT2D eigenvalue weighted by Gasteiger charge is 2.10. The van der Waals surface area contributed by atoms with Gasteiger partial charge in [0.05, 0.1) is 23.9 Å². The van der Waals surface area contributed by atoms with E-state index in [0.717, 1.165) is 17.1 Å². The molecule has 5 heteroatoms. The Morgan fingerprint density at radius 3 is 2.50 bits per heavy atom. The number of methoxy groups -OCH3 is 1. The summed E-state index contributed by atoms with van der Waals surface area (Å²) in [5, 5.41) is 8.47. The van der Waals surface area contributed by atoms with Gasteiger partial charge < -0.3 is 4.74 Å². The van der Waals surface area contributed by atoms with Crippen molar-refractivity contribution in [3.8, 4) is 22.0 Å². The van der Waals surface area contributed by atoms with Crippen molar-refractivity contribution in [2.75, 3.05) is 7.11 Å². The first-order valence-corrected chi connectivity index (χ1v) is 7.13. The minimum atomic E-state index is 0.832. The topological polar surface area (TPSA) is 39.9 Å². The van der Waals surface area contributed by atoms with Gasteiger partial charge in [-0.25, -0.2) is 4.68 Å². The zero-order valence-electron chi connectivity index (χ0n) is 11.6. The Morgan fingerprint density at radius 1 is 1.15 bits per heavy atom. The molecule has 0 amide bonds. The fraction of sp³-hybridized carbons (Fsp3) is 0.200. The number of hydrogen-bond donors (Lipinski definition) is 0. The molecule has 0 atom stereocenters. The van der Waals surface area contributed by atoms with E-state index in [-0.39, 0.29) is 0 Å². The van der Waals surface area contributed by atoms with E-state index in [1.807, 2.05) is 30.5 Å². The van der Waals surface area contributed by atoms with Crippen LogP contribution in [0.15, 0.2) is 36.5 Å². The van der Waals surface area contributed by atoms with Crippen molar-refractivity contribution in [3.05, 3.63) is 47.0 Å². The van der Waals surface area contributed by atoms with Crippen molar-refractivity contribution >= 4 is 11.3 Å². The summed E-state index contributed by atoms with van der Waals surface area (Å²) in [7, 11) is 1.66. The molecule has 0 fully saturated rings. The number of aryl methyl sites for hydroxylation is 2. The Balaban J connectivity index is 1.95. The molecule has 0 saturated carbocycles. The highest BCUT2D eigenvalue weighted by Crippen LogP contribution is 2.30. The first-order chi connectivity index (χ1) is 9.67. The van der Waals surface area contributed by atoms with Crippen LogP contribution >= 0.6 is 11.3 Å². The Labute approximate surface area is 121 Å². The summed E-state index contributed by atoms with van der Waals surface area (Å²) >= 11 is 1.75. The van der Waals surface area contributed by atoms with Gasteiger partial charge in [0.2, 0.25) is 0 Å². The van der Waals surface area contributed by atoms with Gasteiger partial charge >= 0.3 is 0 Å². The van der Waals surface area contributed by atoms with Crippen LogP contribution in [-0.4, -0.2) is 22.1 Å². The second-order valence-electron chi connectivity index (χ2n) is 4.62. The predicted molar refractivity (Wildman–Crippen MR) is 80.7 cm³/mol. The van der Waals surface area contributed by atoms with Crippen LogP contribution < -0.4 is 4.74 Å². The normalized spacial score (nSPS) is 10.8. The van der Waals surface area contributed by atoms with Gasteiger partial charge in [0.1, 0.15) is 11.4 Å². The molecule has 0 aliphatic heterocycles. The predicted octanol–water partition coefficient (Wildman–Crippen LogP) is 3.62. The molecular weight excluding hydrogens is 270 g/mol. The second-order valence-corrected chi connectivity index (χ2v) is 5.87. The molecule has 0 saturated heterocycles. The highest BCUT2D eigenvalue weighted by atomic mass is 32.1. The van der Waals surface area contributed by atoms with E-state index in [4.69, 9.17) is 4.74 Å². The number of thiophene rings is 1. The van der Waals surface area contributed by atoms with E-state index < -0.39 is 0 Å². The van der Waals surface area contributed by atoms with Crippen molar-refractivity contribution < 1.29 is 4.74 Å². The van der Waals surface area contributed by atoms with Crippen LogP contribution in [0.2, 0.25) is 0 Å². The molecule has 0 unspecified atom stereocenters. The number of hydrogen-bond acceptors (Lipinski definition) is 4. The van der Waals surface area contributed by atoms with Crippen LogP contribution in [0.4, 0.5) is 0 Å². The van der Waals surface area contributed by atoms with E-state index in [1.54, 1.807) is 23.1 Å². The summed E-state index contributed by atoms with van der Waals surface area (Å²) in [5.41, 5.74) is 3.13. The Bertz CT molecular complexity index is 728. The van der Waals surface area contributed by atoms with Crippen molar-refractivity contribution in [1.29, 1.82) is 0 Å². The molecule has 0 aliphatic rings. The molecule has 0 spiro atoms. The lowest BCUT2D eigenvalue weighted by molar-refractivity contribution is 0.414. The third kappa shape index (κ3) is 2.32. The maximum Gasteiger partial charge on any atom is 0.123 e. The van der Waals surface area contributed by atoms with Gasteiger partial charge in [0.25, 0.3) is 0 Å². The first-order valence-electron chi connectivity index (χ1n) is 6.31. The van der Waals surface area contributed by atoms with Crippen LogP contribution in [0.5, 0.6) is 5.75 Å². The van der Waals surface area contributed by atoms with Gasteiger partial charge in [-0.2, -0.15) is 0 Å². The van der Waals surface area contributed by atoms with Gasteiger partial charge in [0.15, 0.2) is 0 Å². The maximum atomic E-state index is 5.15. The molecular formula is C15H15N3OS. The SMILES string of the molecule is COc1ccc(-n2cc(-c3sc(C)cc3C)nn2)cc1. The molecule has 0 aliphatic carbocycles. The van der Waals surface area contributed by atoms with Crippen LogP contribution in [0.1, 0.15) is 10.4 Å². The number of aromatic nitrogens is 3. The molecule has 0 radical (unpaired) electrons. The fourth-order valence-corrected chi connectivity index (χ4v) is 3.10. The lowest BCUT2D eigenvalue weighted by atomic mass is 10.2. The number of benzene rings is 1. The molecule has 4 nitrogen and oxygen atoms in total. The standard InChI is InChI=1S/C15H15N3OS/c1-10-8-11(2)20-15(10)14-9-18(17-16-14)12-4-6-13(19-3)7-5-12/h4-9H,1-3H3. The molecule has 2 heterocycles. The highest BCUT2D eigenvalue weighted by molar-refractivity contribution is 7.15. The Kier molecular flexibility index (Phi) is 3.28. The lowest BCUT2D eigenvalue weighted by Crippen LogP contribution is -1.94. The summed E-state index contributed by atoms with van der Waals surface area (Å²) in [6, 6.07) is 9.93. The van der Waals surface area contributed by atoms with Crippen molar-refractivity contribution in [2.45, 2.75) is 13.8 Å². The summed E-state index contributed by atoms with van der Waals surface area (Å²) < 4.78 is 6.94. The third-order valence-corrected chi connectivity index (χ3v) is 4.28. The third-order valence-electron chi connectivity index (χ3n) is 3.10. The van der Waals surface area contributed by atoms with E-state index in [1.165, 1.54) is 15.3 Å². The van der Waals surface area contributed by atoms with Crippen LogP contribution in [0, 0.1) is 13.8 Å². The van der Waals surface area contributed by atoms with Crippen molar-refractivity contribution in [2.24, 2.45) is 0 Å². The molecule has 102 valence electrons. The number of nitrogens with zero attached hydrogens (tertiary/aromatic N) is 3. The largest absolute Gasteiger partial charge is 0.497 e. The zero-order valence-corrected chi connectivity index (χ0v) is 12.4. The van der Waals surface area contributed by atoms with E-state index in [0.29, 0.717) is 0 Å². The van der Waals surface area contributed by atoms with Crippen LogP contribution in [0.3, 0.4) is 0 Å². The second kappa shape index (κ2) is 5.09. The molecule has 3 rings (SSSR count). The summed E-state index contributed by atoms with van der Waals surface area (Å²) in [5.74, 6) is 0.832. The molecule has 0 bridgehead atoms. The molecule has 0 N–H and O–H groups in total. The number of ether oxygens (including phenoxy) is 1. The lowest BCUT2D eigenvalue weighted by Gasteiger charge is -2.01.